The van der Waals surface area contributed by atoms with Crippen molar-refractivity contribution < 1.29 is 14.7 Å². The fourth-order valence-electron chi connectivity index (χ4n) is 3.49. The van der Waals surface area contributed by atoms with Gasteiger partial charge in [0.2, 0.25) is 5.91 Å². The smallest absolute Gasteiger partial charge is 0.308 e. The molecule has 0 aliphatic carbocycles. The SMILES string of the molecule is Cc1ccc(CCCC(=O)N2C[C@H](C(=O)O)[C@H](c3ccccc3)C2)s1. The molecule has 0 bridgehead atoms. The third-order valence-electron chi connectivity index (χ3n) is 4.83. The summed E-state index contributed by atoms with van der Waals surface area (Å²) in [5.74, 6) is -1.40. The van der Waals surface area contributed by atoms with Crippen LogP contribution in [0.15, 0.2) is 42.5 Å². The van der Waals surface area contributed by atoms with Crippen molar-refractivity contribution in [3.05, 3.63) is 57.8 Å². The zero-order valence-corrected chi connectivity index (χ0v) is 15.2. The van der Waals surface area contributed by atoms with Crippen molar-refractivity contribution in [2.45, 2.75) is 32.1 Å². The Kier molecular flexibility index (Phi) is 5.53. The molecule has 2 aromatic rings. The standard InChI is InChI=1S/C20H23NO3S/c1-14-10-11-16(25-14)8-5-9-19(22)21-12-17(18(13-21)20(23)24)15-6-3-2-4-7-15/h2-4,6-7,10-11,17-18H,5,8-9,12-13H2,1H3,(H,23,24)/t17-,18-/m0/s1. The first kappa shape index (κ1) is 17.7. The minimum atomic E-state index is -0.821. The number of carbonyl (C=O) groups is 2. The Bertz CT molecular complexity index is 740. The van der Waals surface area contributed by atoms with Crippen LogP contribution < -0.4 is 0 Å². The van der Waals surface area contributed by atoms with E-state index < -0.39 is 11.9 Å². The highest BCUT2D eigenvalue weighted by Crippen LogP contribution is 2.33. The number of likely N-dealkylation sites (tertiary alicyclic amines) is 1. The highest BCUT2D eigenvalue weighted by atomic mass is 32.1. The number of hydrogen-bond donors (Lipinski definition) is 1. The maximum atomic E-state index is 12.5. The van der Waals surface area contributed by atoms with Gasteiger partial charge in [-0.25, -0.2) is 0 Å². The summed E-state index contributed by atoms with van der Waals surface area (Å²) in [4.78, 5) is 28.5. The molecule has 0 unspecified atom stereocenters. The van der Waals surface area contributed by atoms with Crippen LogP contribution >= 0.6 is 11.3 Å². The molecule has 0 radical (unpaired) electrons. The van der Waals surface area contributed by atoms with E-state index >= 15 is 0 Å². The number of aryl methyl sites for hydroxylation is 2. The van der Waals surface area contributed by atoms with Crippen LogP contribution in [0, 0.1) is 12.8 Å². The molecule has 1 N–H and O–H groups in total. The van der Waals surface area contributed by atoms with Crippen LogP contribution in [0.4, 0.5) is 0 Å². The average molecular weight is 357 g/mol. The summed E-state index contributed by atoms with van der Waals surface area (Å²) in [6.07, 6.45) is 2.19. The molecule has 1 fully saturated rings. The van der Waals surface area contributed by atoms with Gasteiger partial charge >= 0.3 is 5.97 Å². The molecular weight excluding hydrogens is 334 g/mol. The Morgan fingerprint density at radius 3 is 2.56 bits per heavy atom. The Balaban J connectivity index is 1.58. The van der Waals surface area contributed by atoms with Gasteiger partial charge in [-0.2, -0.15) is 0 Å². The molecule has 132 valence electrons. The van der Waals surface area contributed by atoms with Crippen molar-refractivity contribution in [3.63, 3.8) is 0 Å². The van der Waals surface area contributed by atoms with E-state index in [9.17, 15) is 14.7 Å². The number of rotatable bonds is 6. The van der Waals surface area contributed by atoms with Crippen LogP contribution in [-0.2, 0) is 16.0 Å². The number of carboxylic acids is 1. The molecule has 1 aromatic heterocycles. The second-order valence-corrected chi connectivity index (χ2v) is 8.00. The highest BCUT2D eigenvalue weighted by Gasteiger charge is 2.40. The highest BCUT2D eigenvalue weighted by molar-refractivity contribution is 7.11. The first-order chi connectivity index (χ1) is 12.0. The molecule has 0 spiro atoms. The van der Waals surface area contributed by atoms with E-state index in [-0.39, 0.29) is 11.8 Å². The van der Waals surface area contributed by atoms with E-state index in [0.717, 1.165) is 18.4 Å². The summed E-state index contributed by atoms with van der Waals surface area (Å²) in [6.45, 7) is 2.89. The van der Waals surface area contributed by atoms with Crippen molar-refractivity contribution in [1.82, 2.24) is 4.90 Å². The number of thiophene rings is 1. The zero-order chi connectivity index (χ0) is 17.8. The van der Waals surface area contributed by atoms with Gasteiger partial charge in [0.25, 0.3) is 0 Å². The van der Waals surface area contributed by atoms with Crippen molar-refractivity contribution in [2.75, 3.05) is 13.1 Å². The summed E-state index contributed by atoms with van der Waals surface area (Å²) >= 11 is 1.77. The summed E-state index contributed by atoms with van der Waals surface area (Å²) in [7, 11) is 0. The predicted octanol–water partition coefficient (Wildman–Crippen LogP) is 3.71. The number of nitrogens with zero attached hydrogens (tertiary/aromatic N) is 1. The topological polar surface area (TPSA) is 57.6 Å². The first-order valence-electron chi connectivity index (χ1n) is 8.65. The lowest BCUT2D eigenvalue weighted by Gasteiger charge is -2.16. The third kappa shape index (κ3) is 4.28. The zero-order valence-electron chi connectivity index (χ0n) is 14.4. The molecule has 0 saturated carbocycles. The molecule has 2 atom stereocenters. The predicted molar refractivity (Wildman–Crippen MR) is 98.9 cm³/mol. The van der Waals surface area contributed by atoms with Crippen LogP contribution in [-0.4, -0.2) is 35.0 Å². The fourth-order valence-corrected chi connectivity index (χ4v) is 4.42. The van der Waals surface area contributed by atoms with E-state index in [2.05, 4.69) is 19.1 Å². The Labute approximate surface area is 152 Å². The van der Waals surface area contributed by atoms with Gasteiger partial charge in [0.1, 0.15) is 0 Å². The van der Waals surface area contributed by atoms with E-state index in [1.54, 1.807) is 16.2 Å². The van der Waals surface area contributed by atoms with Gasteiger partial charge in [0.05, 0.1) is 5.92 Å². The fraction of sp³-hybridized carbons (Fsp3) is 0.400. The molecule has 25 heavy (non-hydrogen) atoms. The third-order valence-corrected chi connectivity index (χ3v) is 5.89. The lowest BCUT2D eigenvalue weighted by atomic mass is 9.89. The molecule has 1 saturated heterocycles. The molecular formula is C20H23NO3S. The number of carboxylic acid groups (broad SMARTS) is 1. The molecule has 4 nitrogen and oxygen atoms in total. The van der Waals surface area contributed by atoms with Gasteiger partial charge in [-0.05, 0) is 37.5 Å². The van der Waals surface area contributed by atoms with Crippen molar-refractivity contribution in [2.24, 2.45) is 5.92 Å². The molecule has 2 heterocycles. The number of hydrogen-bond acceptors (Lipinski definition) is 3. The molecule has 1 aromatic carbocycles. The molecule has 5 heteroatoms. The second kappa shape index (κ2) is 7.83. The van der Waals surface area contributed by atoms with Crippen LogP contribution in [0.1, 0.15) is 34.1 Å². The summed E-state index contributed by atoms with van der Waals surface area (Å²) in [6, 6.07) is 13.9. The normalized spacial score (nSPS) is 20.0. The molecule has 1 aliphatic rings. The van der Waals surface area contributed by atoms with Gasteiger partial charge in [-0.3, -0.25) is 9.59 Å². The monoisotopic (exact) mass is 357 g/mol. The van der Waals surface area contributed by atoms with Crippen molar-refractivity contribution in [1.29, 1.82) is 0 Å². The summed E-state index contributed by atoms with van der Waals surface area (Å²) in [5.41, 5.74) is 0.999. The summed E-state index contributed by atoms with van der Waals surface area (Å²) < 4.78 is 0. The number of benzene rings is 1. The second-order valence-electron chi connectivity index (χ2n) is 6.63. The van der Waals surface area contributed by atoms with Gasteiger partial charge in [0.15, 0.2) is 0 Å². The Hall–Kier alpha value is -2.14. The maximum absolute atomic E-state index is 12.5. The van der Waals surface area contributed by atoms with Gasteiger partial charge in [-0.15, -0.1) is 11.3 Å². The van der Waals surface area contributed by atoms with Gasteiger partial charge in [0, 0.05) is 35.2 Å². The lowest BCUT2D eigenvalue weighted by molar-refractivity contribution is -0.141. The molecule has 3 rings (SSSR count). The molecule has 1 amide bonds. The Morgan fingerprint density at radius 2 is 1.92 bits per heavy atom. The minimum absolute atomic E-state index is 0.0676. The van der Waals surface area contributed by atoms with Crippen molar-refractivity contribution in [3.8, 4) is 0 Å². The van der Waals surface area contributed by atoms with Crippen molar-refractivity contribution >= 4 is 23.2 Å². The number of aliphatic carboxylic acids is 1. The first-order valence-corrected chi connectivity index (χ1v) is 9.47. The maximum Gasteiger partial charge on any atom is 0.308 e. The van der Waals surface area contributed by atoms with Gasteiger partial charge in [-0.1, -0.05) is 30.3 Å². The van der Waals surface area contributed by atoms with Crippen LogP contribution in [0.25, 0.3) is 0 Å². The summed E-state index contributed by atoms with van der Waals surface area (Å²) in [5, 5.41) is 9.54. The Morgan fingerprint density at radius 1 is 1.16 bits per heavy atom. The quantitative estimate of drug-likeness (QED) is 0.857. The van der Waals surface area contributed by atoms with Gasteiger partial charge < -0.3 is 10.0 Å². The minimum Gasteiger partial charge on any atom is -0.481 e. The van der Waals surface area contributed by atoms with E-state index in [0.29, 0.717) is 19.5 Å². The number of carbonyl (C=O) groups excluding carboxylic acids is 1. The number of amides is 1. The lowest BCUT2D eigenvalue weighted by Crippen LogP contribution is -2.29. The van der Waals surface area contributed by atoms with E-state index in [1.807, 2.05) is 30.3 Å². The molecule has 1 aliphatic heterocycles. The largest absolute Gasteiger partial charge is 0.481 e. The van der Waals surface area contributed by atoms with Crippen LogP contribution in [0.3, 0.4) is 0 Å². The van der Waals surface area contributed by atoms with E-state index in [1.165, 1.54) is 9.75 Å². The van der Waals surface area contributed by atoms with Crippen LogP contribution in [0.2, 0.25) is 0 Å². The average Bonchev–Trinajstić information content (AvgIpc) is 3.22. The van der Waals surface area contributed by atoms with E-state index in [4.69, 9.17) is 0 Å². The van der Waals surface area contributed by atoms with Crippen LogP contribution in [0.5, 0.6) is 0 Å².